The Bertz CT molecular complexity index is 752. The summed E-state index contributed by atoms with van der Waals surface area (Å²) in [5.41, 5.74) is 1.64. The topological polar surface area (TPSA) is 67.9 Å². The molecule has 2 amide bonds. The number of hydrogen-bond acceptors (Lipinski definition) is 5. The number of nitrogens with one attached hydrogen (secondary N) is 1. The lowest BCUT2D eigenvalue weighted by Gasteiger charge is -2.15. The average molecular weight is 296 g/mol. The van der Waals surface area contributed by atoms with Crippen LogP contribution < -0.4 is 14.8 Å². The van der Waals surface area contributed by atoms with E-state index in [0.29, 0.717) is 22.6 Å². The van der Waals surface area contributed by atoms with Crippen LogP contribution >= 0.6 is 0 Å². The van der Waals surface area contributed by atoms with E-state index in [1.54, 1.807) is 36.4 Å². The van der Waals surface area contributed by atoms with Crippen LogP contribution in [0.3, 0.4) is 0 Å². The molecule has 0 unspecified atom stereocenters. The Balaban J connectivity index is 1.51. The molecule has 2 aromatic rings. The molecule has 6 nitrogen and oxygen atoms in total. The van der Waals surface area contributed by atoms with Crippen LogP contribution in [0.5, 0.6) is 11.5 Å². The van der Waals surface area contributed by atoms with Gasteiger partial charge in [0, 0.05) is 11.8 Å². The van der Waals surface area contributed by atoms with Gasteiger partial charge in [0.05, 0.1) is 17.8 Å². The minimum atomic E-state index is -0.283. The van der Waals surface area contributed by atoms with E-state index in [0.717, 1.165) is 5.69 Å². The van der Waals surface area contributed by atoms with Gasteiger partial charge < -0.3 is 14.8 Å². The van der Waals surface area contributed by atoms with Gasteiger partial charge >= 0.3 is 0 Å². The summed E-state index contributed by atoms with van der Waals surface area (Å²) in [4.78, 5) is 25.7. The Morgan fingerprint density at radius 2 is 1.64 bits per heavy atom. The number of amides is 2. The zero-order chi connectivity index (χ0) is 15.1. The van der Waals surface area contributed by atoms with Gasteiger partial charge in [-0.25, -0.2) is 0 Å². The van der Waals surface area contributed by atoms with Crippen molar-refractivity contribution in [3.8, 4) is 11.5 Å². The van der Waals surface area contributed by atoms with Gasteiger partial charge in [0.15, 0.2) is 11.5 Å². The Kier molecular flexibility index (Phi) is 2.75. The van der Waals surface area contributed by atoms with E-state index in [4.69, 9.17) is 9.47 Å². The van der Waals surface area contributed by atoms with Gasteiger partial charge in [-0.3, -0.25) is 14.5 Å². The van der Waals surface area contributed by atoms with Crippen molar-refractivity contribution < 1.29 is 19.1 Å². The molecule has 0 aromatic heterocycles. The molecule has 22 heavy (non-hydrogen) atoms. The number of imide groups is 1. The van der Waals surface area contributed by atoms with Crippen molar-refractivity contribution in [1.29, 1.82) is 0 Å². The number of nitrogens with zero attached hydrogens (tertiary/aromatic N) is 1. The van der Waals surface area contributed by atoms with Crippen LogP contribution in [0, 0.1) is 0 Å². The Labute approximate surface area is 126 Å². The van der Waals surface area contributed by atoms with Gasteiger partial charge in [-0.15, -0.1) is 0 Å². The molecular formula is C16H12N2O4. The van der Waals surface area contributed by atoms with Crippen LogP contribution in [0.25, 0.3) is 0 Å². The molecule has 0 aliphatic carbocycles. The molecule has 0 radical (unpaired) electrons. The van der Waals surface area contributed by atoms with E-state index in [9.17, 15) is 9.59 Å². The molecule has 2 heterocycles. The van der Waals surface area contributed by atoms with E-state index in [1.807, 2.05) is 6.07 Å². The standard InChI is InChI=1S/C16H12N2O4/c19-15-11-3-1-2-4-12(11)16(20)18(15)8-17-10-5-6-13-14(7-10)22-9-21-13/h1-7,17H,8-9H2. The predicted molar refractivity (Wildman–Crippen MR) is 78.0 cm³/mol. The minimum absolute atomic E-state index is 0.103. The number of fused-ring (bicyclic) bond motifs is 2. The zero-order valence-electron chi connectivity index (χ0n) is 11.5. The van der Waals surface area contributed by atoms with Gasteiger partial charge in [-0.2, -0.15) is 0 Å². The fraction of sp³-hybridized carbons (Fsp3) is 0.125. The quantitative estimate of drug-likeness (QED) is 0.878. The number of carbonyl (C=O) groups excluding carboxylic acids is 2. The predicted octanol–water partition coefficient (Wildman–Crippen LogP) is 2.08. The molecule has 0 spiro atoms. The smallest absolute Gasteiger partial charge is 0.263 e. The number of benzene rings is 2. The lowest BCUT2D eigenvalue weighted by Crippen LogP contribution is -2.34. The third-order valence-electron chi connectivity index (χ3n) is 3.69. The monoisotopic (exact) mass is 296 g/mol. The van der Waals surface area contributed by atoms with Gasteiger partial charge in [0.1, 0.15) is 0 Å². The summed E-state index contributed by atoms with van der Waals surface area (Å²) in [5.74, 6) is 0.765. The first-order valence-corrected chi connectivity index (χ1v) is 6.83. The van der Waals surface area contributed by atoms with Crippen molar-refractivity contribution in [2.45, 2.75) is 0 Å². The Morgan fingerprint density at radius 3 is 2.36 bits per heavy atom. The highest BCUT2D eigenvalue weighted by molar-refractivity contribution is 6.21. The van der Waals surface area contributed by atoms with Crippen molar-refractivity contribution in [3.05, 3.63) is 53.6 Å². The van der Waals surface area contributed by atoms with E-state index >= 15 is 0 Å². The number of ether oxygens (including phenoxy) is 2. The van der Waals surface area contributed by atoms with Crippen LogP contribution in [0.2, 0.25) is 0 Å². The molecule has 0 saturated carbocycles. The number of hydrogen-bond donors (Lipinski definition) is 1. The van der Waals surface area contributed by atoms with Gasteiger partial charge in [-0.05, 0) is 24.3 Å². The first-order chi connectivity index (χ1) is 10.7. The molecule has 110 valence electrons. The highest BCUT2D eigenvalue weighted by Crippen LogP contribution is 2.34. The molecule has 0 atom stereocenters. The summed E-state index contributed by atoms with van der Waals surface area (Å²) in [6.45, 7) is 0.309. The van der Waals surface area contributed by atoms with Crippen LogP contribution in [0.15, 0.2) is 42.5 Å². The van der Waals surface area contributed by atoms with Crippen molar-refractivity contribution in [3.63, 3.8) is 0 Å². The van der Waals surface area contributed by atoms with E-state index in [2.05, 4.69) is 5.32 Å². The molecule has 4 rings (SSSR count). The maximum atomic E-state index is 12.2. The summed E-state index contributed by atoms with van der Waals surface area (Å²) in [6, 6.07) is 12.2. The third-order valence-corrected chi connectivity index (χ3v) is 3.69. The van der Waals surface area contributed by atoms with Crippen molar-refractivity contribution in [1.82, 2.24) is 4.90 Å². The highest BCUT2D eigenvalue weighted by Gasteiger charge is 2.34. The van der Waals surface area contributed by atoms with Crippen LogP contribution in [-0.4, -0.2) is 30.2 Å². The first kappa shape index (κ1) is 12.7. The minimum Gasteiger partial charge on any atom is -0.454 e. The van der Waals surface area contributed by atoms with E-state index < -0.39 is 0 Å². The Hall–Kier alpha value is -3.02. The average Bonchev–Trinajstić information content (AvgIpc) is 3.10. The third kappa shape index (κ3) is 1.88. The molecule has 6 heteroatoms. The molecule has 0 bridgehead atoms. The first-order valence-electron chi connectivity index (χ1n) is 6.83. The second-order valence-corrected chi connectivity index (χ2v) is 4.99. The second-order valence-electron chi connectivity index (χ2n) is 4.99. The fourth-order valence-electron chi connectivity index (χ4n) is 2.56. The molecule has 2 aliphatic rings. The summed E-state index contributed by atoms with van der Waals surface area (Å²) in [6.07, 6.45) is 0. The zero-order valence-corrected chi connectivity index (χ0v) is 11.5. The Morgan fingerprint density at radius 1 is 0.955 bits per heavy atom. The second kappa shape index (κ2) is 4.77. The number of anilines is 1. The van der Waals surface area contributed by atoms with Gasteiger partial charge in [0.2, 0.25) is 6.79 Å². The molecule has 2 aromatic carbocycles. The van der Waals surface area contributed by atoms with Gasteiger partial charge in [0.25, 0.3) is 11.8 Å². The SMILES string of the molecule is O=C1c2ccccc2C(=O)N1CNc1ccc2c(c1)OCO2. The lowest BCUT2D eigenvalue weighted by atomic mass is 10.1. The highest BCUT2D eigenvalue weighted by atomic mass is 16.7. The summed E-state index contributed by atoms with van der Waals surface area (Å²) >= 11 is 0. The number of carbonyl (C=O) groups is 2. The van der Waals surface area contributed by atoms with Crippen molar-refractivity contribution in [2.24, 2.45) is 0 Å². The largest absolute Gasteiger partial charge is 0.454 e. The molecule has 1 N–H and O–H groups in total. The maximum absolute atomic E-state index is 12.2. The molecule has 2 aliphatic heterocycles. The molecule has 0 fully saturated rings. The fourth-order valence-corrected chi connectivity index (χ4v) is 2.56. The van der Waals surface area contributed by atoms with Crippen molar-refractivity contribution >= 4 is 17.5 Å². The molecule has 0 saturated heterocycles. The van der Waals surface area contributed by atoms with E-state index in [-0.39, 0.29) is 25.3 Å². The van der Waals surface area contributed by atoms with Crippen LogP contribution in [-0.2, 0) is 0 Å². The summed E-state index contributed by atoms with van der Waals surface area (Å²) < 4.78 is 10.5. The van der Waals surface area contributed by atoms with Gasteiger partial charge in [-0.1, -0.05) is 12.1 Å². The maximum Gasteiger partial charge on any atom is 0.263 e. The van der Waals surface area contributed by atoms with Crippen LogP contribution in [0.1, 0.15) is 20.7 Å². The van der Waals surface area contributed by atoms with Crippen molar-refractivity contribution in [2.75, 3.05) is 18.8 Å². The summed E-state index contributed by atoms with van der Waals surface area (Å²) in [5, 5.41) is 3.06. The lowest BCUT2D eigenvalue weighted by molar-refractivity contribution is 0.0666. The summed E-state index contributed by atoms with van der Waals surface area (Å²) in [7, 11) is 0. The van der Waals surface area contributed by atoms with E-state index in [1.165, 1.54) is 4.90 Å². The normalized spacial score (nSPS) is 15.2. The molecular weight excluding hydrogens is 284 g/mol. The van der Waals surface area contributed by atoms with Crippen LogP contribution in [0.4, 0.5) is 5.69 Å². The number of rotatable bonds is 3.